The second-order valence-corrected chi connectivity index (χ2v) is 4.61. The van der Waals surface area contributed by atoms with Crippen LogP contribution in [0.5, 0.6) is 0 Å². The van der Waals surface area contributed by atoms with Crippen molar-refractivity contribution in [3.63, 3.8) is 0 Å². The zero-order valence-electron chi connectivity index (χ0n) is 9.21. The van der Waals surface area contributed by atoms with E-state index in [-0.39, 0.29) is 5.76 Å². The molecule has 1 unspecified atom stereocenters. The van der Waals surface area contributed by atoms with Crippen LogP contribution in [0.15, 0.2) is 34.0 Å². The Morgan fingerprint density at radius 3 is 2.76 bits per heavy atom. The van der Waals surface area contributed by atoms with Gasteiger partial charge in [0.2, 0.25) is 5.78 Å². The number of halogens is 2. The average molecular weight is 238 g/mol. The number of rotatable bonds is 1. The second kappa shape index (κ2) is 3.52. The van der Waals surface area contributed by atoms with Gasteiger partial charge >= 0.3 is 5.92 Å². The van der Waals surface area contributed by atoms with E-state index in [1.807, 2.05) is 0 Å². The molecule has 1 heterocycles. The van der Waals surface area contributed by atoms with E-state index in [2.05, 4.69) is 0 Å². The molecule has 0 spiro atoms. The predicted octanol–water partition coefficient (Wildman–Crippen LogP) is 3.45. The molecule has 1 aromatic rings. The monoisotopic (exact) mass is 238 g/mol. The summed E-state index contributed by atoms with van der Waals surface area (Å²) in [6, 6.07) is 3.10. The Balaban J connectivity index is 2.12. The molecule has 4 heteroatoms. The van der Waals surface area contributed by atoms with Crippen LogP contribution in [0.3, 0.4) is 0 Å². The highest BCUT2D eigenvalue weighted by atomic mass is 19.3. The molecule has 0 aliphatic heterocycles. The van der Waals surface area contributed by atoms with Crippen LogP contribution in [0.4, 0.5) is 8.78 Å². The lowest BCUT2D eigenvalue weighted by molar-refractivity contribution is -0.138. The van der Waals surface area contributed by atoms with Crippen molar-refractivity contribution in [2.75, 3.05) is 0 Å². The summed E-state index contributed by atoms with van der Waals surface area (Å²) in [5.41, 5.74) is 0.948. The molecule has 0 N–H and O–H groups in total. The van der Waals surface area contributed by atoms with Gasteiger partial charge in [0, 0.05) is 5.57 Å². The van der Waals surface area contributed by atoms with Crippen molar-refractivity contribution in [2.24, 2.45) is 0 Å². The average Bonchev–Trinajstić information content (AvgIpc) is 2.87. The summed E-state index contributed by atoms with van der Waals surface area (Å²) in [6.07, 6.45) is 4.14. The maximum atomic E-state index is 14.0. The summed E-state index contributed by atoms with van der Waals surface area (Å²) in [7, 11) is 0. The molecule has 1 atom stereocenters. The summed E-state index contributed by atoms with van der Waals surface area (Å²) in [4.78, 5) is 11.7. The van der Waals surface area contributed by atoms with Crippen LogP contribution in [-0.2, 0) is 4.79 Å². The number of alkyl halides is 2. The van der Waals surface area contributed by atoms with Gasteiger partial charge in [-0.2, -0.15) is 8.78 Å². The van der Waals surface area contributed by atoms with Crippen LogP contribution >= 0.6 is 0 Å². The summed E-state index contributed by atoms with van der Waals surface area (Å²) < 4.78 is 33.1. The Morgan fingerprint density at radius 1 is 1.29 bits per heavy atom. The Morgan fingerprint density at radius 2 is 2.06 bits per heavy atom. The maximum Gasteiger partial charge on any atom is 0.322 e. The molecule has 0 saturated heterocycles. The topological polar surface area (TPSA) is 30.2 Å². The first-order valence-corrected chi connectivity index (χ1v) is 5.80. The van der Waals surface area contributed by atoms with E-state index in [1.54, 1.807) is 6.07 Å². The Bertz CT molecular complexity index is 486. The fourth-order valence-electron chi connectivity index (χ4n) is 2.86. The van der Waals surface area contributed by atoms with Crippen LogP contribution < -0.4 is 0 Å². The standard InChI is InChI=1S/C13H12F2O2/c14-13(15)11(10-6-3-7-17-10)8-4-1-2-5-9(8)12(13)16/h3,6-7,11H,1-2,4-5H2. The highest BCUT2D eigenvalue weighted by Gasteiger charge is 2.58. The summed E-state index contributed by atoms with van der Waals surface area (Å²) in [5, 5.41) is 0. The highest BCUT2D eigenvalue weighted by Crippen LogP contribution is 2.52. The van der Waals surface area contributed by atoms with Crippen LogP contribution in [-0.4, -0.2) is 11.7 Å². The number of hydrogen-bond donors (Lipinski definition) is 0. The van der Waals surface area contributed by atoms with Crippen molar-refractivity contribution in [1.29, 1.82) is 0 Å². The molecule has 0 amide bonds. The third kappa shape index (κ3) is 1.39. The normalized spacial score (nSPS) is 27.4. The van der Waals surface area contributed by atoms with Crippen molar-refractivity contribution in [1.82, 2.24) is 0 Å². The fourth-order valence-corrected chi connectivity index (χ4v) is 2.86. The number of hydrogen-bond acceptors (Lipinski definition) is 2. The van der Waals surface area contributed by atoms with Crippen LogP contribution in [0, 0.1) is 0 Å². The van der Waals surface area contributed by atoms with Crippen LogP contribution in [0.1, 0.15) is 37.4 Å². The molecule has 90 valence electrons. The van der Waals surface area contributed by atoms with Crippen LogP contribution in [0.2, 0.25) is 0 Å². The fraction of sp³-hybridized carbons (Fsp3) is 0.462. The quantitative estimate of drug-likeness (QED) is 0.750. The number of allylic oxidation sites excluding steroid dienone is 2. The second-order valence-electron chi connectivity index (χ2n) is 4.61. The van der Waals surface area contributed by atoms with Gasteiger partial charge in [0.1, 0.15) is 11.7 Å². The van der Waals surface area contributed by atoms with Gasteiger partial charge < -0.3 is 4.42 Å². The first-order chi connectivity index (χ1) is 8.12. The molecular weight excluding hydrogens is 226 g/mol. The Kier molecular flexibility index (Phi) is 2.21. The maximum absolute atomic E-state index is 14.0. The molecule has 0 radical (unpaired) electrons. The van der Waals surface area contributed by atoms with Crippen molar-refractivity contribution >= 4 is 5.78 Å². The van der Waals surface area contributed by atoms with Gasteiger partial charge in [0.15, 0.2) is 0 Å². The SMILES string of the molecule is O=C1C2=C(CCCC2)C(c2ccco2)C1(F)F. The summed E-state index contributed by atoms with van der Waals surface area (Å²) in [6.45, 7) is 0. The number of ketones is 1. The summed E-state index contributed by atoms with van der Waals surface area (Å²) in [5.74, 6) is -5.28. The summed E-state index contributed by atoms with van der Waals surface area (Å²) >= 11 is 0. The van der Waals surface area contributed by atoms with E-state index in [0.29, 0.717) is 24.0 Å². The molecule has 17 heavy (non-hydrogen) atoms. The zero-order chi connectivity index (χ0) is 12.0. The van der Waals surface area contributed by atoms with E-state index < -0.39 is 17.6 Å². The molecule has 0 saturated carbocycles. The molecule has 0 fully saturated rings. The molecule has 0 aromatic carbocycles. The minimum absolute atomic E-state index is 0.204. The Hall–Kier alpha value is -1.45. The van der Waals surface area contributed by atoms with Crippen molar-refractivity contribution in [2.45, 2.75) is 37.5 Å². The molecule has 0 bridgehead atoms. The van der Waals surface area contributed by atoms with Gasteiger partial charge in [-0.3, -0.25) is 4.79 Å². The van der Waals surface area contributed by atoms with Gasteiger partial charge in [-0.15, -0.1) is 0 Å². The van der Waals surface area contributed by atoms with Gasteiger partial charge in [-0.05, 0) is 43.4 Å². The smallest absolute Gasteiger partial charge is 0.322 e. The zero-order valence-corrected chi connectivity index (χ0v) is 9.21. The number of carbonyl (C=O) groups is 1. The molecular formula is C13H12F2O2. The molecule has 2 nitrogen and oxygen atoms in total. The van der Waals surface area contributed by atoms with Crippen LogP contribution in [0.25, 0.3) is 0 Å². The minimum Gasteiger partial charge on any atom is -0.468 e. The van der Waals surface area contributed by atoms with E-state index >= 15 is 0 Å². The lowest BCUT2D eigenvalue weighted by Gasteiger charge is -2.19. The lowest BCUT2D eigenvalue weighted by Crippen LogP contribution is -2.30. The minimum atomic E-state index is -3.33. The molecule has 1 aromatic heterocycles. The van der Waals surface area contributed by atoms with E-state index in [4.69, 9.17) is 4.42 Å². The highest BCUT2D eigenvalue weighted by molar-refractivity contribution is 6.05. The third-order valence-corrected chi connectivity index (χ3v) is 3.63. The first kappa shape index (κ1) is 10.7. The number of furan rings is 1. The van der Waals surface area contributed by atoms with Gasteiger partial charge in [0.05, 0.1) is 6.26 Å². The number of Topliss-reactive ketones (excluding diaryl/α,β-unsaturated/α-hetero) is 1. The third-order valence-electron chi connectivity index (χ3n) is 3.63. The predicted molar refractivity (Wildman–Crippen MR) is 56.9 cm³/mol. The first-order valence-electron chi connectivity index (χ1n) is 5.80. The molecule has 2 aliphatic rings. The van der Waals surface area contributed by atoms with Gasteiger partial charge in [-0.1, -0.05) is 0 Å². The van der Waals surface area contributed by atoms with Gasteiger partial charge in [-0.25, -0.2) is 0 Å². The van der Waals surface area contributed by atoms with E-state index in [1.165, 1.54) is 12.3 Å². The number of carbonyl (C=O) groups excluding carboxylic acids is 1. The van der Waals surface area contributed by atoms with Crippen molar-refractivity contribution < 1.29 is 18.0 Å². The van der Waals surface area contributed by atoms with E-state index in [9.17, 15) is 13.6 Å². The van der Waals surface area contributed by atoms with E-state index in [0.717, 1.165) is 12.8 Å². The largest absolute Gasteiger partial charge is 0.468 e. The van der Waals surface area contributed by atoms with Gasteiger partial charge in [0.25, 0.3) is 0 Å². The lowest BCUT2D eigenvalue weighted by atomic mass is 9.88. The molecule has 3 rings (SSSR count). The van der Waals surface area contributed by atoms with Crippen molar-refractivity contribution in [3.8, 4) is 0 Å². The van der Waals surface area contributed by atoms with Crippen molar-refractivity contribution in [3.05, 3.63) is 35.3 Å². The molecule has 2 aliphatic carbocycles. The Labute approximate surface area is 97.3 Å².